The van der Waals surface area contributed by atoms with Crippen LogP contribution in [0.1, 0.15) is 16.1 Å². The van der Waals surface area contributed by atoms with Crippen molar-refractivity contribution in [2.24, 2.45) is 0 Å². The van der Waals surface area contributed by atoms with Crippen LogP contribution in [0, 0.1) is 12.7 Å². The highest BCUT2D eigenvalue weighted by atomic mass is 79.9. The highest BCUT2D eigenvalue weighted by Gasteiger charge is 2.21. The Morgan fingerprint density at radius 3 is 2.52 bits per heavy atom. The molecule has 0 aliphatic rings. The summed E-state index contributed by atoms with van der Waals surface area (Å²) in [5, 5.41) is 17.0. The Hall–Kier alpha value is -2.54. The smallest absolute Gasteiger partial charge is 0.358 e. The molecule has 1 heterocycles. The number of aromatic nitrogens is 3. The van der Waals surface area contributed by atoms with Crippen molar-refractivity contribution in [1.82, 2.24) is 15.0 Å². The minimum Gasteiger partial charge on any atom is -0.476 e. The molecule has 3 rings (SSSR count). The zero-order valence-corrected chi connectivity index (χ0v) is 13.6. The molecule has 5 nitrogen and oxygen atoms in total. The van der Waals surface area contributed by atoms with Crippen molar-refractivity contribution in [2.75, 3.05) is 0 Å². The van der Waals surface area contributed by atoms with E-state index in [1.807, 2.05) is 19.1 Å². The number of aromatic carboxylic acids is 1. The maximum atomic E-state index is 13.1. The fraction of sp³-hybridized carbons (Fsp3) is 0.0625. The van der Waals surface area contributed by atoms with E-state index in [9.17, 15) is 14.3 Å². The molecule has 7 heteroatoms. The van der Waals surface area contributed by atoms with E-state index in [4.69, 9.17) is 0 Å². The number of benzene rings is 2. The number of nitrogens with zero attached hydrogens (tertiary/aromatic N) is 3. The fourth-order valence-electron chi connectivity index (χ4n) is 2.23. The van der Waals surface area contributed by atoms with E-state index in [1.165, 1.54) is 28.9 Å². The van der Waals surface area contributed by atoms with Gasteiger partial charge < -0.3 is 5.11 Å². The zero-order chi connectivity index (χ0) is 16.6. The summed E-state index contributed by atoms with van der Waals surface area (Å²) in [5.74, 6) is -1.59. The summed E-state index contributed by atoms with van der Waals surface area (Å²) < 4.78 is 15.5. The Morgan fingerprint density at radius 1 is 1.22 bits per heavy atom. The molecular weight excluding hydrogens is 365 g/mol. The van der Waals surface area contributed by atoms with Gasteiger partial charge in [0.05, 0.1) is 5.69 Å². The number of hydrogen-bond donors (Lipinski definition) is 1. The lowest BCUT2D eigenvalue weighted by Crippen LogP contribution is -2.03. The number of aryl methyl sites for hydroxylation is 1. The Morgan fingerprint density at radius 2 is 1.91 bits per heavy atom. The predicted molar refractivity (Wildman–Crippen MR) is 86.1 cm³/mol. The monoisotopic (exact) mass is 375 g/mol. The van der Waals surface area contributed by atoms with Gasteiger partial charge in [0.1, 0.15) is 11.5 Å². The van der Waals surface area contributed by atoms with E-state index in [-0.39, 0.29) is 5.69 Å². The van der Waals surface area contributed by atoms with Gasteiger partial charge in [0, 0.05) is 10.0 Å². The SMILES string of the molecule is Cc1cc(-n2nnc(C(=O)O)c2-c2ccc(F)cc2)ccc1Br. The number of carbonyl (C=O) groups is 1. The second-order valence-electron chi connectivity index (χ2n) is 4.94. The summed E-state index contributed by atoms with van der Waals surface area (Å²) in [4.78, 5) is 11.4. The van der Waals surface area contributed by atoms with E-state index in [0.29, 0.717) is 16.9 Å². The lowest BCUT2D eigenvalue weighted by Gasteiger charge is -2.09. The largest absolute Gasteiger partial charge is 0.476 e. The Bertz CT molecular complexity index is 891. The van der Waals surface area contributed by atoms with Gasteiger partial charge in [-0.05, 0) is 55.0 Å². The summed E-state index contributed by atoms with van der Waals surface area (Å²) in [6.07, 6.45) is 0. The van der Waals surface area contributed by atoms with Crippen LogP contribution in [-0.4, -0.2) is 26.1 Å². The lowest BCUT2D eigenvalue weighted by atomic mass is 10.1. The van der Waals surface area contributed by atoms with Crippen molar-refractivity contribution in [2.45, 2.75) is 6.92 Å². The normalized spacial score (nSPS) is 10.7. The van der Waals surface area contributed by atoms with Crippen LogP contribution in [0.3, 0.4) is 0 Å². The first-order chi connectivity index (χ1) is 11.0. The molecule has 0 atom stereocenters. The molecule has 0 saturated carbocycles. The molecule has 3 aromatic rings. The van der Waals surface area contributed by atoms with Gasteiger partial charge >= 0.3 is 5.97 Å². The number of hydrogen-bond acceptors (Lipinski definition) is 3. The van der Waals surface area contributed by atoms with Crippen LogP contribution in [0.25, 0.3) is 16.9 Å². The second kappa shape index (κ2) is 5.92. The summed E-state index contributed by atoms with van der Waals surface area (Å²) >= 11 is 3.42. The Labute approximate surface area is 139 Å². The van der Waals surface area contributed by atoms with Gasteiger partial charge in [-0.15, -0.1) is 5.10 Å². The van der Waals surface area contributed by atoms with Crippen LogP contribution >= 0.6 is 15.9 Å². The molecule has 2 aromatic carbocycles. The van der Waals surface area contributed by atoms with Crippen LogP contribution in [0.5, 0.6) is 0 Å². The molecule has 0 spiro atoms. The molecule has 0 saturated heterocycles. The highest BCUT2D eigenvalue weighted by Crippen LogP contribution is 2.27. The first-order valence-corrected chi connectivity index (χ1v) is 7.48. The molecule has 23 heavy (non-hydrogen) atoms. The standard InChI is InChI=1S/C16H11BrFN3O2/c1-9-8-12(6-7-13(9)17)21-15(14(16(22)23)19-20-21)10-2-4-11(18)5-3-10/h2-8H,1H3,(H,22,23). The maximum Gasteiger partial charge on any atom is 0.358 e. The van der Waals surface area contributed by atoms with E-state index in [2.05, 4.69) is 26.2 Å². The van der Waals surface area contributed by atoms with E-state index < -0.39 is 11.8 Å². The third kappa shape index (κ3) is 2.87. The van der Waals surface area contributed by atoms with Gasteiger partial charge in [0.25, 0.3) is 0 Å². The fourth-order valence-corrected chi connectivity index (χ4v) is 2.48. The molecule has 116 valence electrons. The lowest BCUT2D eigenvalue weighted by molar-refractivity contribution is 0.0691. The molecule has 0 bridgehead atoms. The topological polar surface area (TPSA) is 68.0 Å². The summed E-state index contributed by atoms with van der Waals surface area (Å²) in [6, 6.07) is 11.0. The van der Waals surface area contributed by atoms with Gasteiger partial charge in [-0.3, -0.25) is 0 Å². The molecule has 0 fully saturated rings. The third-order valence-electron chi connectivity index (χ3n) is 3.38. The van der Waals surface area contributed by atoms with Crippen LogP contribution in [0.4, 0.5) is 4.39 Å². The minimum atomic E-state index is -1.19. The summed E-state index contributed by atoms with van der Waals surface area (Å²) in [7, 11) is 0. The van der Waals surface area contributed by atoms with E-state index >= 15 is 0 Å². The quantitative estimate of drug-likeness (QED) is 0.754. The third-order valence-corrected chi connectivity index (χ3v) is 4.27. The Kier molecular flexibility index (Phi) is 3.96. The van der Waals surface area contributed by atoms with Crippen molar-refractivity contribution < 1.29 is 14.3 Å². The average molecular weight is 376 g/mol. The van der Waals surface area contributed by atoms with Crippen molar-refractivity contribution in [3.8, 4) is 16.9 Å². The van der Waals surface area contributed by atoms with E-state index in [0.717, 1.165) is 10.0 Å². The second-order valence-corrected chi connectivity index (χ2v) is 5.80. The Balaban J connectivity index is 2.23. The number of halogens is 2. The summed E-state index contributed by atoms with van der Waals surface area (Å²) in [5.41, 5.74) is 2.29. The van der Waals surface area contributed by atoms with Gasteiger partial charge in [-0.1, -0.05) is 21.1 Å². The first kappa shape index (κ1) is 15.4. The van der Waals surface area contributed by atoms with Crippen molar-refractivity contribution in [3.63, 3.8) is 0 Å². The van der Waals surface area contributed by atoms with Gasteiger partial charge in [-0.25, -0.2) is 13.9 Å². The predicted octanol–water partition coefficient (Wildman–Crippen LogP) is 3.84. The van der Waals surface area contributed by atoms with Crippen LogP contribution in [-0.2, 0) is 0 Å². The zero-order valence-electron chi connectivity index (χ0n) is 12.0. The van der Waals surface area contributed by atoms with Gasteiger partial charge in [0.2, 0.25) is 0 Å². The maximum absolute atomic E-state index is 13.1. The van der Waals surface area contributed by atoms with Crippen LogP contribution < -0.4 is 0 Å². The molecule has 0 amide bonds. The van der Waals surface area contributed by atoms with Crippen molar-refractivity contribution in [1.29, 1.82) is 0 Å². The number of rotatable bonds is 3. The first-order valence-electron chi connectivity index (χ1n) is 6.69. The number of carboxylic acid groups (broad SMARTS) is 1. The van der Waals surface area contributed by atoms with Crippen LogP contribution in [0.15, 0.2) is 46.9 Å². The minimum absolute atomic E-state index is 0.183. The van der Waals surface area contributed by atoms with Crippen LogP contribution in [0.2, 0.25) is 0 Å². The molecular formula is C16H11BrFN3O2. The van der Waals surface area contributed by atoms with Gasteiger partial charge in [0.15, 0.2) is 5.69 Å². The van der Waals surface area contributed by atoms with E-state index in [1.54, 1.807) is 6.07 Å². The summed E-state index contributed by atoms with van der Waals surface area (Å²) in [6.45, 7) is 1.92. The average Bonchev–Trinajstić information content (AvgIpc) is 2.96. The molecule has 0 aliphatic heterocycles. The molecule has 1 aromatic heterocycles. The van der Waals surface area contributed by atoms with Crippen molar-refractivity contribution in [3.05, 3.63) is 64.0 Å². The molecule has 0 aliphatic carbocycles. The number of carboxylic acids is 1. The van der Waals surface area contributed by atoms with Crippen molar-refractivity contribution >= 4 is 21.9 Å². The molecule has 0 radical (unpaired) electrons. The molecule has 1 N–H and O–H groups in total. The highest BCUT2D eigenvalue weighted by molar-refractivity contribution is 9.10. The van der Waals surface area contributed by atoms with Gasteiger partial charge in [-0.2, -0.15) is 0 Å². The molecule has 0 unspecified atom stereocenters.